The number of carbonyl (C=O) groups is 1. The van der Waals surface area contributed by atoms with E-state index in [1.807, 2.05) is 0 Å². The normalized spacial score (nSPS) is 10.7. The third kappa shape index (κ3) is 2.39. The fourth-order valence-electron chi connectivity index (χ4n) is 1.88. The number of nitrogens with zero attached hydrogens (tertiary/aromatic N) is 3. The molecule has 0 radical (unpaired) electrons. The molecule has 100 valence electrons. The minimum absolute atomic E-state index is 0.0770. The highest BCUT2D eigenvalue weighted by Gasteiger charge is 2.16. The van der Waals surface area contributed by atoms with Gasteiger partial charge >= 0.3 is 5.97 Å². The first-order valence-corrected chi connectivity index (χ1v) is 5.90. The molecule has 6 nitrogen and oxygen atoms in total. The highest BCUT2D eigenvalue weighted by molar-refractivity contribution is 6.30. The van der Waals surface area contributed by atoms with Gasteiger partial charge in [-0.3, -0.25) is 14.0 Å². The quantitative estimate of drug-likeness (QED) is 0.920. The smallest absolute Gasteiger partial charge is 0.352 e. The SMILES string of the molecule is Cc1nn(C)c(Cl)c1Cn1c(C(=O)O)cccc1=O. The summed E-state index contributed by atoms with van der Waals surface area (Å²) in [6.45, 7) is 1.84. The van der Waals surface area contributed by atoms with Crippen LogP contribution in [0.3, 0.4) is 0 Å². The van der Waals surface area contributed by atoms with Gasteiger partial charge in [-0.25, -0.2) is 4.79 Å². The molecular formula is C12H12ClN3O3. The highest BCUT2D eigenvalue weighted by atomic mass is 35.5. The first kappa shape index (κ1) is 13.4. The Kier molecular flexibility index (Phi) is 3.44. The van der Waals surface area contributed by atoms with Gasteiger partial charge < -0.3 is 5.11 Å². The lowest BCUT2D eigenvalue weighted by Crippen LogP contribution is -2.25. The van der Waals surface area contributed by atoms with Crippen molar-refractivity contribution in [1.29, 1.82) is 0 Å². The molecule has 2 aromatic rings. The average Bonchev–Trinajstić information content (AvgIpc) is 2.57. The molecule has 19 heavy (non-hydrogen) atoms. The van der Waals surface area contributed by atoms with Crippen molar-refractivity contribution >= 4 is 17.6 Å². The van der Waals surface area contributed by atoms with Gasteiger partial charge in [0.05, 0.1) is 12.2 Å². The molecule has 0 bridgehead atoms. The predicted octanol–water partition coefficient (Wildman–Crippen LogP) is 1.29. The number of hydrogen-bond donors (Lipinski definition) is 1. The van der Waals surface area contributed by atoms with Crippen LogP contribution in [-0.4, -0.2) is 25.4 Å². The van der Waals surface area contributed by atoms with Crippen molar-refractivity contribution in [1.82, 2.24) is 14.3 Å². The second kappa shape index (κ2) is 4.89. The van der Waals surface area contributed by atoms with E-state index in [4.69, 9.17) is 16.7 Å². The summed E-state index contributed by atoms with van der Waals surface area (Å²) in [6, 6.07) is 4.11. The molecule has 0 unspecified atom stereocenters. The van der Waals surface area contributed by atoms with Crippen molar-refractivity contribution in [3.8, 4) is 0 Å². The van der Waals surface area contributed by atoms with E-state index in [0.717, 1.165) is 4.57 Å². The molecule has 0 atom stereocenters. The van der Waals surface area contributed by atoms with Crippen LogP contribution in [0.2, 0.25) is 5.15 Å². The molecule has 2 aromatic heterocycles. The molecule has 7 heteroatoms. The Morgan fingerprint density at radius 1 is 1.47 bits per heavy atom. The Morgan fingerprint density at radius 3 is 2.68 bits per heavy atom. The summed E-state index contributed by atoms with van der Waals surface area (Å²) >= 11 is 6.09. The number of aromatic nitrogens is 3. The number of carboxylic acids is 1. The standard InChI is InChI=1S/C12H12ClN3O3/c1-7-8(11(13)15(2)14-7)6-16-9(12(18)19)4-3-5-10(16)17/h3-5H,6H2,1-2H3,(H,18,19). The Hall–Kier alpha value is -2.08. The van der Waals surface area contributed by atoms with Crippen LogP contribution in [0.5, 0.6) is 0 Å². The topological polar surface area (TPSA) is 77.1 Å². The number of aromatic carboxylic acids is 1. The largest absolute Gasteiger partial charge is 0.477 e. The molecule has 2 rings (SSSR count). The minimum Gasteiger partial charge on any atom is -0.477 e. The first-order valence-electron chi connectivity index (χ1n) is 5.53. The summed E-state index contributed by atoms with van der Waals surface area (Å²) in [5.74, 6) is -1.16. The van der Waals surface area contributed by atoms with E-state index < -0.39 is 5.97 Å². The molecule has 0 aliphatic carbocycles. The van der Waals surface area contributed by atoms with Crippen LogP contribution in [0.15, 0.2) is 23.0 Å². The highest BCUT2D eigenvalue weighted by Crippen LogP contribution is 2.19. The minimum atomic E-state index is -1.16. The maximum Gasteiger partial charge on any atom is 0.352 e. The fraction of sp³-hybridized carbons (Fsp3) is 0.250. The summed E-state index contributed by atoms with van der Waals surface area (Å²) in [4.78, 5) is 22.9. The Bertz CT molecular complexity index is 703. The van der Waals surface area contributed by atoms with Gasteiger partial charge in [-0.2, -0.15) is 5.10 Å². The molecule has 0 spiro atoms. The number of hydrogen-bond acceptors (Lipinski definition) is 3. The van der Waals surface area contributed by atoms with E-state index in [1.54, 1.807) is 14.0 Å². The van der Waals surface area contributed by atoms with Gasteiger partial charge in [-0.15, -0.1) is 0 Å². The number of pyridine rings is 1. The molecule has 0 aliphatic rings. The van der Waals surface area contributed by atoms with Crippen molar-refractivity contribution in [2.45, 2.75) is 13.5 Å². The van der Waals surface area contributed by atoms with Crippen molar-refractivity contribution in [3.63, 3.8) is 0 Å². The summed E-state index contributed by atoms with van der Waals surface area (Å²) in [5, 5.41) is 13.6. The van der Waals surface area contributed by atoms with Crippen LogP contribution in [0.1, 0.15) is 21.7 Å². The average molecular weight is 282 g/mol. The van der Waals surface area contributed by atoms with Crippen molar-refractivity contribution in [2.24, 2.45) is 7.05 Å². The zero-order valence-corrected chi connectivity index (χ0v) is 11.2. The van der Waals surface area contributed by atoms with E-state index in [0.29, 0.717) is 16.4 Å². The third-order valence-corrected chi connectivity index (χ3v) is 3.33. The van der Waals surface area contributed by atoms with E-state index in [1.165, 1.54) is 22.9 Å². The number of carboxylic acid groups (broad SMARTS) is 1. The summed E-state index contributed by atoms with van der Waals surface area (Å²) in [6.07, 6.45) is 0. The number of aryl methyl sites for hydroxylation is 2. The maximum absolute atomic E-state index is 11.8. The summed E-state index contributed by atoms with van der Waals surface area (Å²) in [5.41, 5.74) is 0.839. The molecule has 0 saturated carbocycles. The lowest BCUT2D eigenvalue weighted by molar-refractivity contribution is 0.0684. The van der Waals surface area contributed by atoms with E-state index in [-0.39, 0.29) is 17.8 Å². The molecule has 0 aromatic carbocycles. The first-order chi connectivity index (χ1) is 8.91. The second-order valence-corrected chi connectivity index (χ2v) is 4.48. The van der Waals surface area contributed by atoms with Gasteiger partial charge in [-0.05, 0) is 13.0 Å². The fourth-order valence-corrected chi connectivity index (χ4v) is 2.12. The van der Waals surface area contributed by atoms with Crippen LogP contribution in [0.25, 0.3) is 0 Å². The molecule has 0 aliphatic heterocycles. The summed E-state index contributed by atoms with van der Waals surface area (Å²) < 4.78 is 2.65. The lowest BCUT2D eigenvalue weighted by atomic mass is 10.2. The number of rotatable bonds is 3. The van der Waals surface area contributed by atoms with Crippen molar-refractivity contribution < 1.29 is 9.90 Å². The van der Waals surface area contributed by atoms with Crippen molar-refractivity contribution in [2.75, 3.05) is 0 Å². The van der Waals surface area contributed by atoms with Crippen LogP contribution >= 0.6 is 11.6 Å². The van der Waals surface area contributed by atoms with Gasteiger partial charge in [-0.1, -0.05) is 17.7 Å². The van der Waals surface area contributed by atoms with Crippen LogP contribution in [0, 0.1) is 6.92 Å². The van der Waals surface area contributed by atoms with Gasteiger partial charge in [0, 0.05) is 18.7 Å². The molecule has 1 N–H and O–H groups in total. The monoisotopic (exact) mass is 281 g/mol. The molecule has 2 heterocycles. The van der Waals surface area contributed by atoms with Gasteiger partial charge in [0.15, 0.2) is 0 Å². The zero-order valence-electron chi connectivity index (χ0n) is 10.4. The summed E-state index contributed by atoms with van der Waals surface area (Å²) in [7, 11) is 1.69. The molecular weight excluding hydrogens is 270 g/mol. The van der Waals surface area contributed by atoms with E-state index >= 15 is 0 Å². The van der Waals surface area contributed by atoms with Gasteiger partial charge in [0.1, 0.15) is 10.8 Å². The van der Waals surface area contributed by atoms with Crippen LogP contribution < -0.4 is 5.56 Å². The lowest BCUT2D eigenvalue weighted by Gasteiger charge is -2.09. The van der Waals surface area contributed by atoms with E-state index in [2.05, 4.69) is 5.10 Å². The zero-order chi connectivity index (χ0) is 14.2. The second-order valence-electron chi connectivity index (χ2n) is 4.12. The van der Waals surface area contributed by atoms with Gasteiger partial charge in [0.2, 0.25) is 0 Å². The number of halogens is 1. The molecule has 0 amide bonds. The molecule has 0 fully saturated rings. The van der Waals surface area contributed by atoms with Crippen LogP contribution in [0.4, 0.5) is 0 Å². The molecule has 0 saturated heterocycles. The van der Waals surface area contributed by atoms with Crippen LogP contribution in [-0.2, 0) is 13.6 Å². The Labute approximate surface area is 113 Å². The Balaban J connectivity index is 2.55. The maximum atomic E-state index is 11.8. The van der Waals surface area contributed by atoms with E-state index in [9.17, 15) is 9.59 Å². The van der Waals surface area contributed by atoms with Gasteiger partial charge in [0.25, 0.3) is 5.56 Å². The van der Waals surface area contributed by atoms with Crippen molar-refractivity contribution in [3.05, 3.63) is 50.7 Å². The third-order valence-electron chi connectivity index (χ3n) is 2.85. The Morgan fingerprint density at radius 2 is 2.16 bits per heavy atom. The predicted molar refractivity (Wildman–Crippen MR) is 69.7 cm³/mol.